The molecule has 0 aliphatic rings. The van der Waals surface area contributed by atoms with Crippen molar-refractivity contribution in [1.29, 1.82) is 0 Å². The van der Waals surface area contributed by atoms with Crippen molar-refractivity contribution in [1.82, 2.24) is 15.2 Å². The van der Waals surface area contributed by atoms with Gasteiger partial charge in [0.1, 0.15) is 0 Å². The summed E-state index contributed by atoms with van der Waals surface area (Å²) in [6, 6.07) is 4.26. The van der Waals surface area contributed by atoms with Gasteiger partial charge < -0.3 is 10.2 Å². The highest BCUT2D eigenvalue weighted by Crippen LogP contribution is 2.09. The van der Waals surface area contributed by atoms with Crippen LogP contribution in [0.5, 0.6) is 0 Å². The maximum absolute atomic E-state index is 11.3. The molecule has 0 unspecified atom stereocenters. The van der Waals surface area contributed by atoms with E-state index in [0.717, 1.165) is 13.0 Å². The van der Waals surface area contributed by atoms with Crippen LogP contribution >= 0.6 is 0 Å². The third kappa shape index (κ3) is 4.95. The average Bonchev–Trinajstić information content (AvgIpc) is 2.35. The molecule has 1 N–H and O–H groups in total. The summed E-state index contributed by atoms with van der Waals surface area (Å²) >= 11 is 0. The highest BCUT2D eigenvalue weighted by atomic mass is 16.2. The second-order valence-corrected chi connectivity index (χ2v) is 4.35. The van der Waals surface area contributed by atoms with Crippen molar-refractivity contribution in [2.45, 2.75) is 25.8 Å². The Morgan fingerprint density at radius 3 is 2.88 bits per heavy atom. The van der Waals surface area contributed by atoms with E-state index in [1.54, 1.807) is 25.2 Å². The summed E-state index contributed by atoms with van der Waals surface area (Å²) in [7, 11) is 3.57. The quantitative estimate of drug-likeness (QED) is 0.762. The van der Waals surface area contributed by atoms with Gasteiger partial charge >= 0.3 is 0 Å². The number of hydrogen-bond acceptors (Lipinski definition) is 3. The Balaban J connectivity index is 2.21. The highest BCUT2D eigenvalue weighted by Gasteiger charge is 2.06. The summed E-state index contributed by atoms with van der Waals surface area (Å²) in [6.07, 6.45) is 5.09. The lowest BCUT2D eigenvalue weighted by molar-refractivity contribution is -0.128. The van der Waals surface area contributed by atoms with Gasteiger partial charge in [-0.25, -0.2) is 0 Å². The van der Waals surface area contributed by atoms with E-state index in [9.17, 15) is 4.79 Å². The van der Waals surface area contributed by atoms with E-state index in [2.05, 4.69) is 23.3 Å². The van der Waals surface area contributed by atoms with Crippen molar-refractivity contribution < 1.29 is 4.79 Å². The van der Waals surface area contributed by atoms with Gasteiger partial charge in [0.05, 0.1) is 0 Å². The molecule has 0 aromatic carbocycles. The van der Waals surface area contributed by atoms with Gasteiger partial charge in [0, 0.05) is 39.0 Å². The number of amides is 1. The fourth-order valence-electron chi connectivity index (χ4n) is 1.53. The molecule has 0 bridgehead atoms. The average molecular weight is 235 g/mol. The minimum absolute atomic E-state index is 0.181. The minimum atomic E-state index is 0.181. The smallest absolute Gasteiger partial charge is 0.222 e. The number of rotatable bonds is 6. The van der Waals surface area contributed by atoms with Gasteiger partial charge in [0.2, 0.25) is 5.91 Å². The summed E-state index contributed by atoms with van der Waals surface area (Å²) in [5, 5.41) is 3.38. The van der Waals surface area contributed by atoms with Crippen molar-refractivity contribution in [3.63, 3.8) is 0 Å². The predicted molar refractivity (Wildman–Crippen MR) is 68.6 cm³/mol. The number of carbonyl (C=O) groups is 1. The Hall–Kier alpha value is -1.42. The van der Waals surface area contributed by atoms with Gasteiger partial charge in [-0.3, -0.25) is 9.78 Å². The Kier molecular flexibility index (Phi) is 5.63. The van der Waals surface area contributed by atoms with E-state index in [-0.39, 0.29) is 11.9 Å². The summed E-state index contributed by atoms with van der Waals surface area (Å²) in [6.45, 7) is 2.94. The second-order valence-electron chi connectivity index (χ2n) is 4.35. The largest absolute Gasteiger partial charge is 0.349 e. The van der Waals surface area contributed by atoms with Gasteiger partial charge in [-0.15, -0.1) is 0 Å². The van der Waals surface area contributed by atoms with Crippen LogP contribution in [0.4, 0.5) is 0 Å². The van der Waals surface area contributed by atoms with E-state index in [4.69, 9.17) is 0 Å². The van der Waals surface area contributed by atoms with Crippen molar-refractivity contribution in [3.05, 3.63) is 30.1 Å². The molecule has 17 heavy (non-hydrogen) atoms. The monoisotopic (exact) mass is 235 g/mol. The van der Waals surface area contributed by atoms with Crippen LogP contribution in [0.3, 0.4) is 0 Å². The lowest BCUT2D eigenvalue weighted by atomic mass is 10.1. The van der Waals surface area contributed by atoms with Gasteiger partial charge in [-0.2, -0.15) is 0 Å². The number of carbonyl (C=O) groups excluding carboxylic acids is 1. The van der Waals surface area contributed by atoms with Crippen LogP contribution in [-0.2, 0) is 4.79 Å². The van der Waals surface area contributed by atoms with Crippen LogP contribution in [0.15, 0.2) is 24.5 Å². The van der Waals surface area contributed by atoms with E-state index in [0.29, 0.717) is 6.42 Å². The molecular weight excluding hydrogens is 214 g/mol. The van der Waals surface area contributed by atoms with Gasteiger partial charge in [0.15, 0.2) is 0 Å². The van der Waals surface area contributed by atoms with Crippen molar-refractivity contribution in [3.8, 4) is 0 Å². The Morgan fingerprint density at radius 2 is 2.29 bits per heavy atom. The SMILES string of the molecule is C[C@@H](NCCCC(=O)N(C)C)c1cccnc1. The molecule has 0 aliphatic heterocycles. The summed E-state index contributed by atoms with van der Waals surface area (Å²) in [5.41, 5.74) is 1.17. The lowest BCUT2D eigenvalue weighted by Gasteiger charge is -2.14. The molecule has 0 saturated carbocycles. The number of nitrogens with one attached hydrogen (secondary N) is 1. The van der Waals surface area contributed by atoms with Crippen LogP contribution < -0.4 is 5.32 Å². The molecule has 1 atom stereocenters. The Morgan fingerprint density at radius 1 is 1.53 bits per heavy atom. The fraction of sp³-hybridized carbons (Fsp3) is 0.538. The van der Waals surface area contributed by atoms with Crippen LogP contribution in [-0.4, -0.2) is 36.4 Å². The first kappa shape index (κ1) is 13.6. The molecule has 1 amide bonds. The zero-order chi connectivity index (χ0) is 12.7. The molecule has 4 heteroatoms. The van der Waals surface area contributed by atoms with Crippen molar-refractivity contribution in [2.24, 2.45) is 0 Å². The molecule has 0 saturated heterocycles. The zero-order valence-electron chi connectivity index (χ0n) is 10.8. The van der Waals surface area contributed by atoms with Crippen molar-refractivity contribution >= 4 is 5.91 Å². The van der Waals surface area contributed by atoms with Crippen LogP contribution in [0, 0.1) is 0 Å². The van der Waals surface area contributed by atoms with E-state index >= 15 is 0 Å². The van der Waals surface area contributed by atoms with Gasteiger partial charge in [-0.05, 0) is 31.5 Å². The minimum Gasteiger partial charge on any atom is -0.349 e. The van der Waals surface area contributed by atoms with Gasteiger partial charge in [-0.1, -0.05) is 6.07 Å². The topological polar surface area (TPSA) is 45.2 Å². The third-order valence-electron chi connectivity index (χ3n) is 2.70. The first-order valence-corrected chi connectivity index (χ1v) is 5.94. The lowest BCUT2D eigenvalue weighted by Crippen LogP contribution is -2.24. The van der Waals surface area contributed by atoms with Crippen LogP contribution in [0.1, 0.15) is 31.4 Å². The molecule has 0 fully saturated rings. The molecule has 1 aromatic heterocycles. The Bertz CT molecular complexity index is 338. The molecule has 4 nitrogen and oxygen atoms in total. The summed E-state index contributed by atoms with van der Waals surface area (Å²) in [4.78, 5) is 17.1. The second kappa shape index (κ2) is 7.01. The first-order chi connectivity index (χ1) is 8.11. The van der Waals surface area contributed by atoms with Crippen LogP contribution in [0.2, 0.25) is 0 Å². The molecular formula is C13H21N3O. The first-order valence-electron chi connectivity index (χ1n) is 5.94. The predicted octanol–water partition coefficient (Wildman–Crippen LogP) is 1.60. The Labute approximate surface area is 103 Å². The molecule has 1 aromatic rings. The normalized spacial score (nSPS) is 12.2. The van der Waals surface area contributed by atoms with Crippen LogP contribution in [0.25, 0.3) is 0 Å². The highest BCUT2D eigenvalue weighted by molar-refractivity contribution is 5.75. The molecule has 94 valence electrons. The third-order valence-corrected chi connectivity index (χ3v) is 2.70. The molecule has 0 radical (unpaired) electrons. The fourth-order valence-corrected chi connectivity index (χ4v) is 1.53. The summed E-state index contributed by atoms with van der Waals surface area (Å²) in [5.74, 6) is 0.181. The standard InChI is InChI=1S/C13H21N3O/c1-11(12-6-4-8-14-10-12)15-9-5-7-13(17)16(2)3/h4,6,8,10-11,15H,5,7,9H2,1-3H3/t11-/m1/s1. The zero-order valence-corrected chi connectivity index (χ0v) is 10.8. The number of nitrogens with zero attached hydrogens (tertiary/aromatic N) is 2. The molecule has 0 spiro atoms. The molecule has 0 aliphatic carbocycles. The van der Waals surface area contributed by atoms with E-state index < -0.39 is 0 Å². The maximum Gasteiger partial charge on any atom is 0.222 e. The van der Waals surface area contributed by atoms with Crippen molar-refractivity contribution in [2.75, 3.05) is 20.6 Å². The number of pyridine rings is 1. The van der Waals surface area contributed by atoms with E-state index in [1.165, 1.54) is 5.56 Å². The number of aromatic nitrogens is 1. The molecule has 1 heterocycles. The number of hydrogen-bond donors (Lipinski definition) is 1. The maximum atomic E-state index is 11.3. The summed E-state index contributed by atoms with van der Waals surface area (Å²) < 4.78 is 0. The van der Waals surface area contributed by atoms with Gasteiger partial charge in [0.25, 0.3) is 0 Å². The van der Waals surface area contributed by atoms with E-state index in [1.807, 2.05) is 12.3 Å². The molecule has 1 rings (SSSR count).